The van der Waals surface area contributed by atoms with Crippen LogP contribution in [0.4, 0.5) is 11.5 Å². The van der Waals surface area contributed by atoms with Crippen LogP contribution in [0.3, 0.4) is 0 Å². The number of aromatic nitrogens is 2. The van der Waals surface area contributed by atoms with Crippen LogP contribution in [0.5, 0.6) is 0 Å². The molecule has 0 atom stereocenters. The number of hydrogen-bond acceptors (Lipinski definition) is 4. The van der Waals surface area contributed by atoms with E-state index in [9.17, 15) is 0 Å². The fourth-order valence-corrected chi connectivity index (χ4v) is 1.68. The summed E-state index contributed by atoms with van der Waals surface area (Å²) in [6, 6.07) is 9.49. The van der Waals surface area contributed by atoms with Gasteiger partial charge in [0.1, 0.15) is 11.6 Å². The van der Waals surface area contributed by atoms with E-state index in [1.807, 2.05) is 44.2 Å². The number of benzene rings is 1. The SMILES string of the molecule is Cc1cc(Nc2cccc(CO)c2)nc(C)n1. The van der Waals surface area contributed by atoms with E-state index in [-0.39, 0.29) is 6.61 Å². The highest BCUT2D eigenvalue weighted by atomic mass is 16.3. The van der Waals surface area contributed by atoms with Crippen LogP contribution >= 0.6 is 0 Å². The molecule has 4 heteroatoms. The molecule has 0 amide bonds. The summed E-state index contributed by atoms with van der Waals surface area (Å²) in [6.45, 7) is 3.84. The molecule has 0 saturated carbocycles. The first kappa shape index (κ1) is 11.5. The Hall–Kier alpha value is -1.94. The first-order valence-corrected chi connectivity index (χ1v) is 5.46. The van der Waals surface area contributed by atoms with Gasteiger partial charge in [-0.05, 0) is 31.5 Å². The zero-order valence-electron chi connectivity index (χ0n) is 9.94. The van der Waals surface area contributed by atoms with Crippen molar-refractivity contribution in [2.75, 3.05) is 5.32 Å². The van der Waals surface area contributed by atoms with Gasteiger partial charge in [0.25, 0.3) is 0 Å². The summed E-state index contributed by atoms with van der Waals surface area (Å²) in [7, 11) is 0. The van der Waals surface area contributed by atoms with Crippen LogP contribution in [0.1, 0.15) is 17.1 Å². The van der Waals surface area contributed by atoms with Crippen molar-refractivity contribution < 1.29 is 5.11 Å². The molecule has 2 rings (SSSR count). The Morgan fingerprint density at radius 2 is 2.00 bits per heavy atom. The van der Waals surface area contributed by atoms with Crippen LogP contribution < -0.4 is 5.32 Å². The number of aryl methyl sites for hydroxylation is 2. The molecule has 0 aliphatic rings. The minimum atomic E-state index is 0.0390. The molecule has 0 radical (unpaired) electrons. The second kappa shape index (κ2) is 4.93. The molecule has 1 aromatic heterocycles. The van der Waals surface area contributed by atoms with E-state index in [1.165, 1.54) is 0 Å². The van der Waals surface area contributed by atoms with Gasteiger partial charge in [-0.3, -0.25) is 0 Å². The maximum atomic E-state index is 9.06. The first-order valence-electron chi connectivity index (χ1n) is 5.46. The number of anilines is 2. The average molecular weight is 229 g/mol. The van der Waals surface area contributed by atoms with E-state index < -0.39 is 0 Å². The lowest BCUT2D eigenvalue weighted by Crippen LogP contribution is -1.99. The Labute approximate surface area is 100 Å². The zero-order valence-corrected chi connectivity index (χ0v) is 9.94. The average Bonchev–Trinajstić information content (AvgIpc) is 2.28. The molecule has 0 saturated heterocycles. The van der Waals surface area contributed by atoms with E-state index in [4.69, 9.17) is 5.11 Å². The minimum absolute atomic E-state index is 0.0390. The Balaban J connectivity index is 2.24. The molecular weight excluding hydrogens is 214 g/mol. The van der Waals surface area contributed by atoms with Crippen molar-refractivity contribution >= 4 is 11.5 Å². The van der Waals surface area contributed by atoms with Crippen molar-refractivity contribution in [3.63, 3.8) is 0 Å². The Bertz CT molecular complexity index is 506. The zero-order chi connectivity index (χ0) is 12.3. The van der Waals surface area contributed by atoms with Crippen molar-refractivity contribution in [2.24, 2.45) is 0 Å². The molecular formula is C13H15N3O. The number of aliphatic hydroxyl groups is 1. The van der Waals surface area contributed by atoms with E-state index >= 15 is 0 Å². The lowest BCUT2D eigenvalue weighted by atomic mass is 10.2. The Kier molecular flexibility index (Phi) is 3.35. The van der Waals surface area contributed by atoms with Gasteiger partial charge < -0.3 is 10.4 Å². The van der Waals surface area contributed by atoms with E-state index in [0.717, 1.165) is 28.6 Å². The Morgan fingerprint density at radius 1 is 1.18 bits per heavy atom. The molecule has 2 aromatic rings. The number of hydrogen-bond donors (Lipinski definition) is 2. The van der Waals surface area contributed by atoms with Crippen LogP contribution in [0.15, 0.2) is 30.3 Å². The molecule has 0 unspecified atom stereocenters. The molecule has 4 nitrogen and oxygen atoms in total. The lowest BCUT2D eigenvalue weighted by Gasteiger charge is -2.08. The molecule has 2 N–H and O–H groups in total. The minimum Gasteiger partial charge on any atom is -0.392 e. The molecule has 17 heavy (non-hydrogen) atoms. The second-order valence-corrected chi connectivity index (χ2v) is 3.93. The van der Waals surface area contributed by atoms with Gasteiger partial charge in [-0.1, -0.05) is 12.1 Å². The van der Waals surface area contributed by atoms with Crippen LogP contribution in [-0.4, -0.2) is 15.1 Å². The molecule has 0 spiro atoms. The topological polar surface area (TPSA) is 58.0 Å². The van der Waals surface area contributed by atoms with E-state index in [2.05, 4.69) is 15.3 Å². The highest BCUT2D eigenvalue weighted by Gasteiger charge is 2.00. The van der Waals surface area contributed by atoms with Crippen LogP contribution in [-0.2, 0) is 6.61 Å². The van der Waals surface area contributed by atoms with Crippen LogP contribution in [0.25, 0.3) is 0 Å². The van der Waals surface area contributed by atoms with Gasteiger partial charge in [0.2, 0.25) is 0 Å². The van der Waals surface area contributed by atoms with Crippen LogP contribution in [0.2, 0.25) is 0 Å². The summed E-state index contributed by atoms with van der Waals surface area (Å²) in [4.78, 5) is 8.52. The fraction of sp³-hybridized carbons (Fsp3) is 0.231. The molecule has 0 fully saturated rings. The smallest absolute Gasteiger partial charge is 0.134 e. The molecule has 0 bridgehead atoms. The standard InChI is InChI=1S/C13H15N3O/c1-9-6-13(15-10(2)14-9)16-12-5-3-4-11(7-12)8-17/h3-7,17H,8H2,1-2H3,(H,14,15,16). The number of nitrogens with one attached hydrogen (secondary N) is 1. The number of nitrogens with zero attached hydrogens (tertiary/aromatic N) is 2. The van der Waals surface area contributed by atoms with Crippen molar-refractivity contribution in [1.82, 2.24) is 9.97 Å². The third kappa shape index (κ3) is 3.01. The monoisotopic (exact) mass is 229 g/mol. The van der Waals surface area contributed by atoms with Gasteiger partial charge in [0.05, 0.1) is 6.61 Å². The number of aliphatic hydroxyl groups excluding tert-OH is 1. The first-order chi connectivity index (χ1) is 8.17. The summed E-state index contributed by atoms with van der Waals surface area (Å²) in [5.74, 6) is 1.51. The van der Waals surface area contributed by atoms with Gasteiger partial charge in [-0.25, -0.2) is 9.97 Å². The van der Waals surface area contributed by atoms with Gasteiger partial charge in [0, 0.05) is 17.4 Å². The molecule has 0 aliphatic carbocycles. The van der Waals surface area contributed by atoms with Crippen molar-refractivity contribution in [3.8, 4) is 0 Å². The predicted molar refractivity (Wildman–Crippen MR) is 67.2 cm³/mol. The van der Waals surface area contributed by atoms with Crippen molar-refractivity contribution in [3.05, 3.63) is 47.4 Å². The van der Waals surface area contributed by atoms with Gasteiger partial charge in [-0.15, -0.1) is 0 Å². The molecule has 1 aromatic carbocycles. The van der Waals surface area contributed by atoms with E-state index in [1.54, 1.807) is 0 Å². The summed E-state index contributed by atoms with van der Waals surface area (Å²) < 4.78 is 0. The molecule has 1 heterocycles. The maximum Gasteiger partial charge on any atom is 0.134 e. The van der Waals surface area contributed by atoms with Gasteiger partial charge in [-0.2, -0.15) is 0 Å². The maximum absolute atomic E-state index is 9.06. The van der Waals surface area contributed by atoms with Crippen LogP contribution in [0, 0.1) is 13.8 Å². The van der Waals surface area contributed by atoms with Crippen molar-refractivity contribution in [1.29, 1.82) is 0 Å². The summed E-state index contributed by atoms with van der Waals surface area (Å²) in [5, 5.41) is 12.3. The largest absolute Gasteiger partial charge is 0.392 e. The second-order valence-electron chi connectivity index (χ2n) is 3.93. The highest BCUT2D eigenvalue weighted by molar-refractivity contribution is 5.57. The fourth-order valence-electron chi connectivity index (χ4n) is 1.68. The van der Waals surface area contributed by atoms with Gasteiger partial charge >= 0.3 is 0 Å². The summed E-state index contributed by atoms with van der Waals surface area (Å²) in [5.41, 5.74) is 2.71. The van der Waals surface area contributed by atoms with Gasteiger partial charge in [0.15, 0.2) is 0 Å². The summed E-state index contributed by atoms with van der Waals surface area (Å²) in [6.07, 6.45) is 0. The normalized spacial score (nSPS) is 10.3. The lowest BCUT2D eigenvalue weighted by molar-refractivity contribution is 0.282. The summed E-state index contributed by atoms with van der Waals surface area (Å²) >= 11 is 0. The highest BCUT2D eigenvalue weighted by Crippen LogP contribution is 2.16. The third-order valence-corrected chi connectivity index (χ3v) is 2.35. The van der Waals surface area contributed by atoms with Crippen molar-refractivity contribution in [2.45, 2.75) is 20.5 Å². The third-order valence-electron chi connectivity index (χ3n) is 2.35. The quantitative estimate of drug-likeness (QED) is 0.848. The molecule has 88 valence electrons. The van der Waals surface area contributed by atoms with E-state index in [0.29, 0.717) is 0 Å². The predicted octanol–water partition coefficient (Wildman–Crippen LogP) is 2.33. The Morgan fingerprint density at radius 3 is 2.71 bits per heavy atom. The number of rotatable bonds is 3. The molecule has 0 aliphatic heterocycles.